The van der Waals surface area contributed by atoms with E-state index in [4.69, 9.17) is 9.47 Å². The fourth-order valence-corrected chi connectivity index (χ4v) is 13.1. The first-order chi connectivity index (χ1) is 25.4. The third-order valence-corrected chi connectivity index (χ3v) is 15.6. The smallest absolute Gasteiger partial charge is 0.257 e. The number of halogens is 4. The Morgan fingerprint density at radius 2 is 0.769 bits per heavy atom. The van der Waals surface area contributed by atoms with Crippen LogP contribution < -0.4 is 41.3 Å². The molecule has 6 aromatic carbocycles. The molecule has 52 heavy (non-hydrogen) atoms. The zero-order chi connectivity index (χ0) is 35.4. The maximum absolute atomic E-state index is 14.2. The van der Waals surface area contributed by atoms with Crippen LogP contribution in [0.4, 0.5) is 17.6 Å². The fraction of sp³-hybridized carbons (Fsp3) is 0.182. The molecule has 2 unspecified atom stereocenters. The van der Waals surface area contributed by atoms with Gasteiger partial charge in [0.1, 0.15) is 34.8 Å². The largest absolute Gasteiger partial charge is 0.451 e. The second-order valence-corrected chi connectivity index (χ2v) is 18.1. The van der Waals surface area contributed by atoms with E-state index in [9.17, 15) is 17.6 Å². The van der Waals surface area contributed by atoms with Crippen LogP contribution in [0, 0.1) is 35.1 Å². The number of fused-ring (bicyclic) bond motifs is 2. The Bertz CT molecular complexity index is 1990. The molecule has 0 saturated heterocycles. The minimum Gasteiger partial charge on any atom is -0.451 e. The van der Waals surface area contributed by atoms with E-state index in [1.165, 1.54) is 48.5 Å². The van der Waals surface area contributed by atoms with E-state index in [0.717, 1.165) is 86.6 Å². The number of ether oxygens (including phenoxy) is 2. The molecule has 2 aliphatic heterocycles. The highest BCUT2D eigenvalue weighted by molar-refractivity contribution is 7.80. The Hall–Kier alpha value is -4.50. The average molecular weight is 733 g/mol. The third-order valence-electron chi connectivity index (χ3n) is 10.7. The van der Waals surface area contributed by atoms with Crippen molar-refractivity contribution in [3.05, 3.63) is 168 Å². The minimum absolute atomic E-state index is 0.0981. The highest BCUT2D eigenvalue weighted by Gasteiger charge is 2.57. The van der Waals surface area contributed by atoms with Crippen molar-refractivity contribution in [2.24, 2.45) is 11.8 Å². The molecule has 6 aromatic rings. The zero-order valence-electron chi connectivity index (χ0n) is 28.1. The molecular formula is C44H34F4O2P2. The predicted octanol–water partition coefficient (Wildman–Crippen LogP) is 8.44. The van der Waals surface area contributed by atoms with Gasteiger partial charge in [0.2, 0.25) is 0 Å². The summed E-state index contributed by atoms with van der Waals surface area (Å²) in [4.78, 5) is 0. The maximum atomic E-state index is 14.2. The molecule has 9 rings (SSSR count). The van der Waals surface area contributed by atoms with Crippen LogP contribution in [0.15, 0.2) is 133 Å². The number of para-hydroxylation sites is 2. The lowest BCUT2D eigenvalue weighted by Crippen LogP contribution is -2.62. The SMILES string of the molecule is Fc1ccc(P(c2ccc(F)cc2)c2cccc3c2OC24Oc5c(cccc5P(c5ccc(F)cc5)c5ccc(F)cc5)C[C@H]2CCCC4C3)cc1. The Morgan fingerprint density at radius 3 is 1.10 bits per heavy atom. The fourth-order valence-electron chi connectivity index (χ4n) is 8.31. The van der Waals surface area contributed by atoms with Crippen molar-refractivity contribution in [3.63, 3.8) is 0 Å². The van der Waals surface area contributed by atoms with Crippen molar-refractivity contribution in [2.45, 2.75) is 37.9 Å². The normalized spacial score (nSPS) is 20.3. The van der Waals surface area contributed by atoms with Gasteiger partial charge in [0.05, 0.1) is 0 Å². The quantitative estimate of drug-likeness (QED) is 0.127. The molecule has 8 heteroatoms. The molecule has 0 N–H and O–H groups in total. The summed E-state index contributed by atoms with van der Waals surface area (Å²) in [5.74, 6) is -0.448. The molecule has 1 aliphatic carbocycles. The van der Waals surface area contributed by atoms with Crippen LogP contribution in [-0.4, -0.2) is 5.79 Å². The first kappa shape index (κ1) is 33.3. The summed E-state index contributed by atoms with van der Waals surface area (Å²) in [6, 6.07) is 38.8. The van der Waals surface area contributed by atoms with Crippen molar-refractivity contribution in [2.75, 3.05) is 0 Å². The van der Waals surface area contributed by atoms with Gasteiger partial charge in [-0.1, -0.05) is 91.3 Å². The predicted molar refractivity (Wildman–Crippen MR) is 202 cm³/mol. The van der Waals surface area contributed by atoms with E-state index in [1.807, 2.05) is 48.5 Å². The molecule has 1 fully saturated rings. The molecule has 0 aromatic heterocycles. The Labute approximate surface area is 303 Å². The highest BCUT2D eigenvalue weighted by Crippen LogP contribution is 2.55. The van der Waals surface area contributed by atoms with Gasteiger partial charge in [-0.05, 0) is 122 Å². The van der Waals surface area contributed by atoms with Gasteiger partial charge in [0, 0.05) is 22.4 Å². The molecule has 0 amide bonds. The monoisotopic (exact) mass is 732 g/mol. The van der Waals surface area contributed by atoms with E-state index < -0.39 is 21.6 Å². The molecule has 0 radical (unpaired) electrons. The molecule has 2 nitrogen and oxygen atoms in total. The van der Waals surface area contributed by atoms with E-state index in [-0.39, 0.29) is 35.1 Å². The zero-order valence-corrected chi connectivity index (χ0v) is 29.9. The van der Waals surface area contributed by atoms with E-state index in [1.54, 1.807) is 0 Å². The summed E-state index contributed by atoms with van der Waals surface area (Å²) in [5.41, 5.74) is 2.21. The van der Waals surface area contributed by atoms with Gasteiger partial charge >= 0.3 is 0 Å². The van der Waals surface area contributed by atoms with Crippen molar-refractivity contribution in [1.29, 1.82) is 0 Å². The summed E-state index contributed by atoms with van der Waals surface area (Å²) >= 11 is 0. The van der Waals surface area contributed by atoms with Crippen LogP contribution in [0.1, 0.15) is 30.4 Å². The summed E-state index contributed by atoms with van der Waals surface area (Å²) in [5, 5.41) is 5.68. The van der Waals surface area contributed by atoms with Crippen LogP contribution in [0.3, 0.4) is 0 Å². The van der Waals surface area contributed by atoms with Gasteiger partial charge in [-0.3, -0.25) is 0 Å². The number of rotatable bonds is 6. The summed E-state index contributed by atoms with van der Waals surface area (Å²) < 4.78 is 71.6. The van der Waals surface area contributed by atoms with Gasteiger partial charge in [-0.2, -0.15) is 0 Å². The Balaban J connectivity index is 1.18. The second-order valence-electron chi connectivity index (χ2n) is 13.8. The molecular weight excluding hydrogens is 698 g/mol. The standard InChI is InChI=1S/C44H34F4O2P2/c45-32-10-18-36(19-11-32)51(37-20-12-33(46)13-21-37)40-8-1-4-28-26-30-6-3-7-31-27-29-5-2-9-41(43(29)50-44(30,31)49-42(28)40)52(38-22-14-34(47)15-23-38)39-24-16-35(48)17-25-39/h1-2,4-5,8-25,30-31H,3,6-7,26-27H2/t30-,31?,44?/m1/s1. The summed E-state index contributed by atoms with van der Waals surface area (Å²) in [7, 11) is -2.49. The molecule has 1 saturated carbocycles. The number of benzene rings is 6. The van der Waals surface area contributed by atoms with E-state index in [0.29, 0.717) is 0 Å². The minimum atomic E-state index is -1.25. The van der Waals surface area contributed by atoms with Crippen LogP contribution in [-0.2, 0) is 12.8 Å². The molecule has 1 spiro atoms. The van der Waals surface area contributed by atoms with Crippen LogP contribution in [0.5, 0.6) is 11.5 Å². The number of hydrogen-bond donors (Lipinski definition) is 0. The van der Waals surface area contributed by atoms with E-state index in [2.05, 4.69) is 36.4 Å². The second kappa shape index (κ2) is 13.5. The van der Waals surface area contributed by atoms with E-state index >= 15 is 0 Å². The van der Waals surface area contributed by atoms with Gasteiger partial charge in [-0.25, -0.2) is 17.6 Å². The van der Waals surface area contributed by atoms with Crippen molar-refractivity contribution in [1.82, 2.24) is 0 Å². The highest BCUT2D eigenvalue weighted by atomic mass is 31.1. The lowest BCUT2D eigenvalue weighted by molar-refractivity contribution is -0.225. The van der Waals surface area contributed by atoms with Crippen LogP contribution >= 0.6 is 15.8 Å². The lowest BCUT2D eigenvalue weighted by atomic mass is 9.68. The number of hydrogen-bond acceptors (Lipinski definition) is 2. The molecule has 260 valence electrons. The van der Waals surface area contributed by atoms with Crippen LogP contribution in [0.25, 0.3) is 0 Å². The molecule has 3 aliphatic rings. The molecule has 2 heterocycles. The maximum Gasteiger partial charge on any atom is 0.257 e. The van der Waals surface area contributed by atoms with Crippen molar-refractivity contribution < 1.29 is 27.0 Å². The Morgan fingerprint density at radius 1 is 0.442 bits per heavy atom. The van der Waals surface area contributed by atoms with Gasteiger partial charge in [0.15, 0.2) is 0 Å². The summed E-state index contributed by atoms with van der Waals surface area (Å²) in [6.07, 6.45) is 4.53. The van der Waals surface area contributed by atoms with Gasteiger partial charge in [-0.15, -0.1) is 0 Å². The van der Waals surface area contributed by atoms with Gasteiger partial charge in [0.25, 0.3) is 5.79 Å². The van der Waals surface area contributed by atoms with Crippen LogP contribution in [0.2, 0.25) is 0 Å². The van der Waals surface area contributed by atoms with Gasteiger partial charge < -0.3 is 9.47 Å². The third kappa shape index (κ3) is 5.91. The van der Waals surface area contributed by atoms with Crippen molar-refractivity contribution >= 4 is 47.7 Å². The molecule has 3 atom stereocenters. The Kier molecular flexibility index (Phi) is 8.65. The first-order valence-electron chi connectivity index (χ1n) is 17.6. The summed E-state index contributed by atoms with van der Waals surface area (Å²) in [6.45, 7) is 0. The van der Waals surface area contributed by atoms with Crippen molar-refractivity contribution in [3.8, 4) is 11.5 Å². The molecule has 0 bridgehead atoms. The lowest BCUT2D eigenvalue weighted by Gasteiger charge is -2.54. The topological polar surface area (TPSA) is 18.5 Å². The average Bonchev–Trinajstić information content (AvgIpc) is 3.16. The first-order valence-corrected chi connectivity index (χ1v) is 20.3.